The summed E-state index contributed by atoms with van der Waals surface area (Å²) in [6.07, 6.45) is 1.81. The summed E-state index contributed by atoms with van der Waals surface area (Å²) in [5, 5.41) is 9.20. The highest BCUT2D eigenvalue weighted by Crippen LogP contribution is 2.20. The Kier molecular flexibility index (Phi) is 6.79. The van der Waals surface area contributed by atoms with E-state index in [-0.39, 0.29) is 18.6 Å². The first-order chi connectivity index (χ1) is 9.06. The van der Waals surface area contributed by atoms with Crippen molar-refractivity contribution >= 4 is 28.5 Å². The van der Waals surface area contributed by atoms with Crippen LogP contribution in [0.25, 0.3) is 0 Å². The minimum atomic E-state index is 0.00460. The lowest BCUT2D eigenvalue weighted by Crippen LogP contribution is -2.42. The van der Waals surface area contributed by atoms with Crippen LogP contribution in [-0.2, 0) is 0 Å². The highest BCUT2D eigenvalue weighted by atomic mass is 127. The quantitative estimate of drug-likeness (QED) is 0.776. The van der Waals surface area contributed by atoms with Crippen molar-refractivity contribution in [1.82, 2.24) is 4.90 Å². The second-order valence-electron chi connectivity index (χ2n) is 4.63. The molecule has 4 heteroatoms. The number of aliphatic hydroxyl groups excluding tert-OH is 1. The molecule has 0 saturated carbocycles. The summed E-state index contributed by atoms with van der Waals surface area (Å²) in [6, 6.07) is 5.97. The SMILES string of the molecule is CCC(CC)N(CCO)C(=O)c1cccc(C)c1I. The molecule has 0 fully saturated rings. The molecule has 1 rings (SSSR count). The second-order valence-corrected chi connectivity index (χ2v) is 5.71. The minimum Gasteiger partial charge on any atom is -0.395 e. The van der Waals surface area contributed by atoms with E-state index in [2.05, 4.69) is 36.4 Å². The van der Waals surface area contributed by atoms with E-state index < -0.39 is 0 Å². The molecule has 1 amide bonds. The predicted molar refractivity (Wildman–Crippen MR) is 86.4 cm³/mol. The van der Waals surface area contributed by atoms with Crippen molar-refractivity contribution in [3.05, 3.63) is 32.9 Å². The van der Waals surface area contributed by atoms with Gasteiger partial charge in [-0.15, -0.1) is 0 Å². The Labute approximate surface area is 129 Å². The fourth-order valence-electron chi connectivity index (χ4n) is 2.25. The zero-order valence-electron chi connectivity index (χ0n) is 11.8. The fraction of sp³-hybridized carbons (Fsp3) is 0.533. The van der Waals surface area contributed by atoms with Crippen LogP contribution in [0.1, 0.15) is 42.6 Å². The number of benzene rings is 1. The smallest absolute Gasteiger partial charge is 0.255 e. The van der Waals surface area contributed by atoms with Crippen LogP contribution in [0.2, 0.25) is 0 Å². The average molecular weight is 375 g/mol. The van der Waals surface area contributed by atoms with E-state index >= 15 is 0 Å². The van der Waals surface area contributed by atoms with Gasteiger partial charge >= 0.3 is 0 Å². The van der Waals surface area contributed by atoms with E-state index in [4.69, 9.17) is 0 Å². The maximum Gasteiger partial charge on any atom is 0.255 e. The average Bonchev–Trinajstić information content (AvgIpc) is 2.41. The van der Waals surface area contributed by atoms with Crippen molar-refractivity contribution in [2.75, 3.05) is 13.2 Å². The van der Waals surface area contributed by atoms with Gasteiger partial charge < -0.3 is 10.0 Å². The Morgan fingerprint density at radius 1 is 1.37 bits per heavy atom. The molecular weight excluding hydrogens is 353 g/mol. The lowest BCUT2D eigenvalue weighted by Gasteiger charge is -2.30. The summed E-state index contributed by atoms with van der Waals surface area (Å²) < 4.78 is 0.999. The molecule has 0 aliphatic rings. The number of carbonyl (C=O) groups excluding carboxylic acids is 1. The van der Waals surface area contributed by atoms with Crippen molar-refractivity contribution in [2.24, 2.45) is 0 Å². The van der Waals surface area contributed by atoms with E-state index in [1.807, 2.05) is 25.1 Å². The van der Waals surface area contributed by atoms with E-state index in [9.17, 15) is 9.90 Å². The second kappa shape index (κ2) is 7.85. The van der Waals surface area contributed by atoms with Gasteiger partial charge in [-0.2, -0.15) is 0 Å². The molecule has 1 aromatic rings. The van der Waals surface area contributed by atoms with Crippen molar-refractivity contribution in [3.63, 3.8) is 0 Å². The van der Waals surface area contributed by atoms with Gasteiger partial charge in [0.25, 0.3) is 5.91 Å². The van der Waals surface area contributed by atoms with E-state index in [0.29, 0.717) is 6.54 Å². The zero-order valence-corrected chi connectivity index (χ0v) is 14.0. The van der Waals surface area contributed by atoms with Crippen LogP contribution in [-0.4, -0.2) is 35.1 Å². The Morgan fingerprint density at radius 3 is 2.53 bits per heavy atom. The van der Waals surface area contributed by atoms with Crippen LogP contribution >= 0.6 is 22.6 Å². The molecular formula is C15H22INO2. The molecule has 0 spiro atoms. The van der Waals surface area contributed by atoms with E-state index in [0.717, 1.165) is 27.5 Å². The first-order valence-corrected chi connectivity index (χ1v) is 7.81. The van der Waals surface area contributed by atoms with E-state index in [1.165, 1.54) is 0 Å². The van der Waals surface area contributed by atoms with Gasteiger partial charge in [0.2, 0.25) is 0 Å². The maximum atomic E-state index is 12.7. The molecule has 0 aliphatic heterocycles. The molecule has 0 atom stereocenters. The topological polar surface area (TPSA) is 40.5 Å². The van der Waals surface area contributed by atoms with Crippen molar-refractivity contribution in [2.45, 2.75) is 39.7 Å². The zero-order chi connectivity index (χ0) is 14.4. The first-order valence-electron chi connectivity index (χ1n) is 6.73. The summed E-state index contributed by atoms with van der Waals surface area (Å²) >= 11 is 2.22. The number of halogens is 1. The van der Waals surface area contributed by atoms with E-state index in [1.54, 1.807) is 4.90 Å². The molecule has 0 unspecified atom stereocenters. The predicted octanol–water partition coefficient (Wildman–Crippen LogP) is 3.22. The highest BCUT2D eigenvalue weighted by molar-refractivity contribution is 14.1. The largest absolute Gasteiger partial charge is 0.395 e. The number of hydrogen-bond acceptors (Lipinski definition) is 2. The number of carbonyl (C=O) groups is 1. The van der Waals surface area contributed by atoms with Crippen LogP contribution in [0.3, 0.4) is 0 Å². The summed E-state index contributed by atoms with van der Waals surface area (Å²) in [4.78, 5) is 14.5. The standard InChI is InChI=1S/C15H22INO2/c1-4-12(5-2)17(9-10-18)15(19)13-8-6-7-11(3)14(13)16/h6-8,12,18H,4-5,9-10H2,1-3H3. The molecule has 1 aromatic carbocycles. The number of rotatable bonds is 6. The van der Waals surface area contributed by atoms with Crippen LogP contribution < -0.4 is 0 Å². The van der Waals surface area contributed by atoms with Crippen molar-refractivity contribution in [1.29, 1.82) is 0 Å². The molecule has 0 aliphatic carbocycles. The first kappa shape index (κ1) is 16.4. The molecule has 0 radical (unpaired) electrons. The third-order valence-electron chi connectivity index (χ3n) is 3.41. The number of aryl methyl sites for hydroxylation is 1. The van der Waals surface area contributed by atoms with Gasteiger partial charge in [0, 0.05) is 16.2 Å². The van der Waals surface area contributed by atoms with Crippen LogP contribution in [0.15, 0.2) is 18.2 Å². The number of hydrogen-bond donors (Lipinski definition) is 1. The Morgan fingerprint density at radius 2 is 2.00 bits per heavy atom. The van der Waals surface area contributed by atoms with Gasteiger partial charge in [-0.3, -0.25) is 4.79 Å². The summed E-state index contributed by atoms with van der Waals surface area (Å²) in [5.41, 5.74) is 1.85. The summed E-state index contributed by atoms with van der Waals surface area (Å²) in [5.74, 6) is 0.0239. The van der Waals surface area contributed by atoms with Gasteiger partial charge in [0.15, 0.2) is 0 Å². The van der Waals surface area contributed by atoms with Gasteiger partial charge in [0.05, 0.1) is 12.2 Å². The lowest BCUT2D eigenvalue weighted by molar-refractivity contribution is 0.0621. The maximum absolute atomic E-state index is 12.7. The molecule has 1 N–H and O–H groups in total. The molecule has 0 saturated heterocycles. The molecule has 3 nitrogen and oxygen atoms in total. The Balaban J connectivity index is 3.08. The van der Waals surface area contributed by atoms with Crippen molar-refractivity contribution in [3.8, 4) is 0 Å². The Bertz CT molecular complexity index is 430. The number of aliphatic hydroxyl groups is 1. The minimum absolute atomic E-state index is 0.00460. The van der Waals surface area contributed by atoms with Crippen LogP contribution in [0, 0.1) is 10.5 Å². The summed E-state index contributed by atoms with van der Waals surface area (Å²) in [7, 11) is 0. The normalized spacial score (nSPS) is 10.8. The van der Waals surface area contributed by atoms with Crippen molar-refractivity contribution < 1.29 is 9.90 Å². The number of nitrogens with zero attached hydrogens (tertiary/aromatic N) is 1. The fourth-order valence-corrected chi connectivity index (χ4v) is 2.84. The molecule has 19 heavy (non-hydrogen) atoms. The van der Waals surface area contributed by atoms with Gasteiger partial charge in [-0.1, -0.05) is 26.0 Å². The monoisotopic (exact) mass is 375 g/mol. The van der Waals surface area contributed by atoms with Crippen LogP contribution in [0.4, 0.5) is 0 Å². The number of amides is 1. The molecule has 0 bridgehead atoms. The Hall–Kier alpha value is -0.620. The van der Waals surface area contributed by atoms with Gasteiger partial charge in [-0.05, 0) is 54.0 Å². The van der Waals surface area contributed by atoms with Gasteiger partial charge in [0.1, 0.15) is 0 Å². The molecule has 106 valence electrons. The van der Waals surface area contributed by atoms with Crippen LogP contribution in [0.5, 0.6) is 0 Å². The lowest BCUT2D eigenvalue weighted by atomic mass is 10.1. The molecule has 0 aromatic heterocycles. The third-order valence-corrected chi connectivity index (χ3v) is 4.84. The summed E-state index contributed by atoms with van der Waals surface area (Å²) in [6.45, 7) is 6.56. The third kappa shape index (κ3) is 3.92. The highest BCUT2D eigenvalue weighted by Gasteiger charge is 2.23. The van der Waals surface area contributed by atoms with Gasteiger partial charge in [-0.25, -0.2) is 0 Å². The molecule has 0 heterocycles.